The van der Waals surface area contributed by atoms with Crippen LogP contribution in [0.15, 0.2) is 36.4 Å². The summed E-state index contributed by atoms with van der Waals surface area (Å²) >= 11 is 7.48. The molecule has 21 heavy (non-hydrogen) atoms. The number of likely N-dealkylation sites (N-methyl/N-ethyl adjacent to an activating group) is 1. The van der Waals surface area contributed by atoms with Crippen LogP contribution in [0.1, 0.15) is 17.4 Å². The first-order valence-electron chi connectivity index (χ1n) is 7.01. The van der Waals surface area contributed by atoms with Gasteiger partial charge in [0.2, 0.25) is 0 Å². The molecule has 112 valence electrons. The molecule has 0 saturated heterocycles. The van der Waals surface area contributed by atoms with Gasteiger partial charge in [-0.1, -0.05) is 30.7 Å². The second kappa shape index (κ2) is 7.59. The van der Waals surface area contributed by atoms with E-state index >= 15 is 0 Å². The molecular formula is C16H20ClN2OS+. The molecule has 0 fully saturated rings. The number of hydrogen-bond donors (Lipinski definition) is 2. The van der Waals surface area contributed by atoms with Crippen molar-refractivity contribution < 1.29 is 9.69 Å². The minimum atomic E-state index is 0.0272. The van der Waals surface area contributed by atoms with Gasteiger partial charge < -0.3 is 10.2 Å². The second-order valence-corrected chi connectivity index (χ2v) is 6.91. The maximum absolute atomic E-state index is 12.0. The number of aryl methyl sites for hydroxylation is 1. The summed E-state index contributed by atoms with van der Waals surface area (Å²) in [6.07, 6.45) is 1.00. The predicted octanol–water partition coefficient (Wildman–Crippen LogP) is 2.62. The summed E-state index contributed by atoms with van der Waals surface area (Å²) in [5.74, 6) is 0.0272. The van der Waals surface area contributed by atoms with Gasteiger partial charge in [0, 0.05) is 5.69 Å². The molecule has 1 unspecified atom stereocenters. The standard InChI is InChI=1S/C16H19ClN2OS/c1-3-12-4-6-13(7-5-12)18-16(20)11-19(2)10-14-8-9-15(17)21-14/h4-9H,3,10-11H2,1-2H3,(H,18,20)/p+1. The Labute approximate surface area is 134 Å². The Hall–Kier alpha value is -1.36. The van der Waals surface area contributed by atoms with Gasteiger partial charge in [-0.3, -0.25) is 4.79 Å². The molecule has 0 aliphatic carbocycles. The molecule has 1 aromatic heterocycles. The number of carbonyl (C=O) groups is 1. The van der Waals surface area contributed by atoms with Crippen molar-refractivity contribution in [3.05, 3.63) is 51.2 Å². The van der Waals surface area contributed by atoms with Crippen molar-refractivity contribution in [2.24, 2.45) is 0 Å². The van der Waals surface area contributed by atoms with E-state index in [1.807, 2.05) is 43.4 Å². The van der Waals surface area contributed by atoms with Crippen LogP contribution in [0.3, 0.4) is 0 Å². The molecule has 1 atom stereocenters. The molecule has 2 rings (SSSR count). The Bertz CT molecular complexity index is 595. The molecule has 5 heteroatoms. The highest BCUT2D eigenvalue weighted by Crippen LogP contribution is 2.20. The van der Waals surface area contributed by atoms with Crippen LogP contribution in [0.25, 0.3) is 0 Å². The number of halogens is 1. The zero-order valence-electron chi connectivity index (χ0n) is 12.3. The molecule has 0 aliphatic heterocycles. The largest absolute Gasteiger partial charge is 0.325 e. The molecule has 0 radical (unpaired) electrons. The quantitative estimate of drug-likeness (QED) is 0.842. The molecule has 2 N–H and O–H groups in total. The molecule has 0 spiro atoms. The van der Waals surface area contributed by atoms with E-state index < -0.39 is 0 Å². The third-order valence-corrected chi connectivity index (χ3v) is 4.44. The van der Waals surface area contributed by atoms with Crippen molar-refractivity contribution in [2.75, 3.05) is 18.9 Å². The third kappa shape index (κ3) is 5.16. The lowest BCUT2D eigenvalue weighted by molar-refractivity contribution is -0.884. The number of carbonyl (C=O) groups excluding carboxylic acids is 1. The number of thiophene rings is 1. The Balaban J connectivity index is 1.82. The van der Waals surface area contributed by atoms with E-state index in [0.29, 0.717) is 6.54 Å². The van der Waals surface area contributed by atoms with Gasteiger partial charge in [0.15, 0.2) is 6.54 Å². The summed E-state index contributed by atoms with van der Waals surface area (Å²) in [5, 5.41) is 2.93. The van der Waals surface area contributed by atoms with Gasteiger partial charge >= 0.3 is 0 Å². The summed E-state index contributed by atoms with van der Waals surface area (Å²) in [4.78, 5) is 14.3. The molecular weight excluding hydrogens is 304 g/mol. The van der Waals surface area contributed by atoms with Crippen LogP contribution >= 0.6 is 22.9 Å². The van der Waals surface area contributed by atoms with Crippen LogP contribution in [0.5, 0.6) is 0 Å². The molecule has 0 bridgehead atoms. The van der Waals surface area contributed by atoms with Crippen molar-refractivity contribution in [1.29, 1.82) is 0 Å². The van der Waals surface area contributed by atoms with Gasteiger partial charge in [0.05, 0.1) is 16.3 Å². The Morgan fingerprint density at radius 1 is 1.24 bits per heavy atom. The van der Waals surface area contributed by atoms with E-state index in [0.717, 1.165) is 27.9 Å². The zero-order valence-corrected chi connectivity index (χ0v) is 13.9. The Morgan fingerprint density at radius 2 is 1.95 bits per heavy atom. The molecule has 2 aromatic rings. The van der Waals surface area contributed by atoms with E-state index in [9.17, 15) is 4.79 Å². The van der Waals surface area contributed by atoms with Gasteiger partial charge in [-0.05, 0) is 36.2 Å². The van der Waals surface area contributed by atoms with Crippen LogP contribution in [0, 0.1) is 0 Å². The highest BCUT2D eigenvalue weighted by Gasteiger charge is 2.12. The van der Waals surface area contributed by atoms with Crippen LogP contribution in [-0.2, 0) is 17.8 Å². The van der Waals surface area contributed by atoms with Crippen LogP contribution in [0.2, 0.25) is 4.34 Å². The highest BCUT2D eigenvalue weighted by molar-refractivity contribution is 7.16. The number of rotatable bonds is 6. The lowest BCUT2D eigenvalue weighted by Gasteiger charge is -2.13. The summed E-state index contributed by atoms with van der Waals surface area (Å²) in [6.45, 7) is 3.35. The van der Waals surface area contributed by atoms with Crippen molar-refractivity contribution in [3.63, 3.8) is 0 Å². The summed E-state index contributed by atoms with van der Waals surface area (Å²) in [7, 11) is 2.01. The number of anilines is 1. The van der Waals surface area contributed by atoms with Gasteiger partial charge in [-0.25, -0.2) is 0 Å². The first-order chi connectivity index (χ1) is 10.1. The molecule has 1 aromatic carbocycles. The monoisotopic (exact) mass is 323 g/mol. The van der Waals surface area contributed by atoms with Gasteiger partial charge in [-0.15, -0.1) is 11.3 Å². The normalized spacial score (nSPS) is 12.1. The fourth-order valence-electron chi connectivity index (χ4n) is 2.11. The van der Waals surface area contributed by atoms with Crippen LogP contribution in [0.4, 0.5) is 5.69 Å². The van der Waals surface area contributed by atoms with Gasteiger partial charge in [-0.2, -0.15) is 0 Å². The molecule has 0 aliphatic rings. The zero-order chi connectivity index (χ0) is 15.2. The first kappa shape index (κ1) is 16.0. The van der Waals surface area contributed by atoms with Crippen molar-refractivity contribution in [2.45, 2.75) is 19.9 Å². The van der Waals surface area contributed by atoms with E-state index in [2.05, 4.69) is 12.2 Å². The minimum absolute atomic E-state index is 0.0272. The highest BCUT2D eigenvalue weighted by atomic mass is 35.5. The van der Waals surface area contributed by atoms with Crippen LogP contribution < -0.4 is 10.2 Å². The SMILES string of the molecule is CCc1ccc(NC(=O)C[NH+](C)Cc2ccc(Cl)s2)cc1. The number of amides is 1. The summed E-state index contributed by atoms with van der Waals surface area (Å²) < 4.78 is 0.790. The number of nitrogens with one attached hydrogen (secondary N) is 2. The van der Waals surface area contributed by atoms with E-state index in [4.69, 9.17) is 11.6 Å². The minimum Gasteiger partial charge on any atom is -0.325 e. The van der Waals surface area contributed by atoms with E-state index in [1.54, 1.807) is 11.3 Å². The fourth-order valence-corrected chi connectivity index (χ4v) is 3.31. The number of hydrogen-bond acceptors (Lipinski definition) is 2. The maximum Gasteiger partial charge on any atom is 0.279 e. The van der Waals surface area contributed by atoms with Gasteiger partial charge in [0.1, 0.15) is 6.54 Å². The van der Waals surface area contributed by atoms with Gasteiger partial charge in [0.25, 0.3) is 5.91 Å². The summed E-state index contributed by atoms with van der Waals surface area (Å²) in [6, 6.07) is 11.9. The van der Waals surface area contributed by atoms with Crippen molar-refractivity contribution in [3.8, 4) is 0 Å². The average molecular weight is 324 g/mol. The molecule has 0 saturated carbocycles. The topological polar surface area (TPSA) is 33.5 Å². The molecule has 3 nitrogen and oxygen atoms in total. The second-order valence-electron chi connectivity index (χ2n) is 5.12. The predicted molar refractivity (Wildman–Crippen MR) is 89.2 cm³/mol. The lowest BCUT2D eigenvalue weighted by Crippen LogP contribution is -3.08. The number of quaternary nitrogens is 1. The lowest BCUT2D eigenvalue weighted by atomic mass is 10.1. The average Bonchev–Trinajstić information content (AvgIpc) is 2.84. The Kier molecular flexibility index (Phi) is 5.79. The number of benzene rings is 1. The van der Waals surface area contributed by atoms with E-state index in [-0.39, 0.29) is 5.91 Å². The first-order valence-corrected chi connectivity index (χ1v) is 8.20. The molecule has 1 amide bonds. The van der Waals surface area contributed by atoms with E-state index in [1.165, 1.54) is 10.4 Å². The van der Waals surface area contributed by atoms with Crippen LogP contribution in [-0.4, -0.2) is 19.5 Å². The summed E-state index contributed by atoms with van der Waals surface area (Å²) in [5.41, 5.74) is 2.12. The van der Waals surface area contributed by atoms with Crippen molar-refractivity contribution >= 4 is 34.5 Å². The fraction of sp³-hybridized carbons (Fsp3) is 0.312. The molecule has 1 heterocycles. The van der Waals surface area contributed by atoms with Crippen molar-refractivity contribution in [1.82, 2.24) is 0 Å². The smallest absolute Gasteiger partial charge is 0.279 e. The Morgan fingerprint density at radius 3 is 2.52 bits per heavy atom. The third-order valence-electron chi connectivity index (χ3n) is 3.21. The maximum atomic E-state index is 12.0.